The molecule has 0 spiro atoms. The van der Waals surface area contributed by atoms with Gasteiger partial charge in [0.15, 0.2) is 0 Å². The maximum absolute atomic E-state index is 12.9. The Bertz CT molecular complexity index is 923. The van der Waals surface area contributed by atoms with Gasteiger partial charge in [0.1, 0.15) is 12.0 Å². The lowest BCUT2D eigenvalue weighted by Gasteiger charge is -2.18. The van der Waals surface area contributed by atoms with Crippen molar-refractivity contribution in [3.8, 4) is 0 Å². The fourth-order valence-electron chi connectivity index (χ4n) is 3.08. The molecule has 7 nitrogen and oxygen atoms in total. The summed E-state index contributed by atoms with van der Waals surface area (Å²) in [6.07, 6.45) is 0. The second-order valence-electron chi connectivity index (χ2n) is 6.35. The SMILES string of the molecule is CCOC(=O)[C@@H]1CN(c2ccccc2)C(=O)[C@@H]1NC(=O)Nc1ccc(Cl)c(Cl)c1. The fourth-order valence-corrected chi connectivity index (χ4v) is 3.38. The number of nitrogens with one attached hydrogen (secondary N) is 2. The standard InChI is InChI=1S/C20H19Cl2N3O4/c1-2-29-19(27)14-11-25(13-6-4-3-5-7-13)18(26)17(14)24-20(28)23-12-8-9-15(21)16(22)10-12/h3-10,14,17H,2,11H2,1H3,(H2,23,24,28)/t14-,17-/m1/s1. The Kier molecular flexibility index (Phi) is 6.61. The van der Waals surface area contributed by atoms with Gasteiger partial charge in [0, 0.05) is 17.9 Å². The first-order chi connectivity index (χ1) is 13.9. The first-order valence-corrected chi connectivity index (χ1v) is 9.72. The molecule has 1 aliphatic rings. The van der Waals surface area contributed by atoms with Gasteiger partial charge in [0.05, 0.1) is 16.7 Å². The molecule has 2 N–H and O–H groups in total. The van der Waals surface area contributed by atoms with E-state index >= 15 is 0 Å². The van der Waals surface area contributed by atoms with Crippen LogP contribution in [0.4, 0.5) is 16.2 Å². The zero-order valence-corrected chi connectivity index (χ0v) is 17.0. The fraction of sp³-hybridized carbons (Fsp3) is 0.250. The molecule has 1 aliphatic heterocycles. The first-order valence-electron chi connectivity index (χ1n) is 8.96. The third-order valence-corrected chi connectivity index (χ3v) is 5.17. The molecule has 152 valence electrons. The molecule has 29 heavy (non-hydrogen) atoms. The molecular formula is C20H19Cl2N3O4. The Balaban J connectivity index is 1.77. The van der Waals surface area contributed by atoms with Crippen LogP contribution in [0.25, 0.3) is 0 Å². The van der Waals surface area contributed by atoms with Crippen molar-refractivity contribution in [2.45, 2.75) is 13.0 Å². The number of amides is 3. The van der Waals surface area contributed by atoms with Crippen molar-refractivity contribution in [3.05, 3.63) is 58.6 Å². The van der Waals surface area contributed by atoms with Gasteiger partial charge in [-0.2, -0.15) is 0 Å². The number of hydrogen-bond acceptors (Lipinski definition) is 4. The van der Waals surface area contributed by atoms with E-state index in [1.165, 1.54) is 11.0 Å². The van der Waals surface area contributed by atoms with Crippen LogP contribution < -0.4 is 15.5 Å². The summed E-state index contributed by atoms with van der Waals surface area (Å²) in [7, 11) is 0. The lowest BCUT2D eigenvalue weighted by atomic mass is 10.0. The van der Waals surface area contributed by atoms with Gasteiger partial charge in [0.25, 0.3) is 5.91 Å². The molecule has 0 aromatic heterocycles. The summed E-state index contributed by atoms with van der Waals surface area (Å²) in [6, 6.07) is 11.8. The maximum atomic E-state index is 12.9. The van der Waals surface area contributed by atoms with Gasteiger partial charge in [-0.15, -0.1) is 0 Å². The minimum Gasteiger partial charge on any atom is -0.466 e. The van der Waals surface area contributed by atoms with Crippen LogP contribution in [0, 0.1) is 5.92 Å². The van der Waals surface area contributed by atoms with E-state index in [4.69, 9.17) is 27.9 Å². The minimum atomic E-state index is -1.06. The zero-order chi connectivity index (χ0) is 21.0. The molecule has 0 saturated carbocycles. The highest BCUT2D eigenvalue weighted by Crippen LogP contribution is 2.27. The van der Waals surface area contributed by atoms with E-state index in [1.54, 1.807) is 43.3 Å². The predicted octanol–water partition coefficient (Wildman–Crippen LogP) is 3.71. The normalized spacial score (nSPS) is 18.4. The molecule has 3 rings (SSSR count). The molecule has 2 aromatic carbocycles. The molecule has 1 saturated heterocycles. The van der Waals surface area contributed by atoms with Crippen LogP contribution in [0.2, 0.25) is 10.0 Å². The van der Waals surface area contributed by atoms with Gasteiger partial charge < -0.3 is 20.3 Å². The molecule has 0 unspecified atom stereocenters. The van der Waals surface area contributed by atoms with E-state index in [-0.39, 0.29) is 18.2 Å². The van der Waals surface area contributed by atoms with E-state index in [2.05, 4.69) is 10.6 Å². The number of anilines is 2. The summed E-state index contributed by atoms with van der Waals surface area (Å²) in [5.41, 5.74) is 1.04. The highest BCUT2D eigenvalue weighted by atomic mass is 35.5. The van der Waals surface area contributed by atoms with E-state index in [9.17, 15) is 14.4 Å². The van der Waals surface area contributed by atoms with Gasteiger partial charge in [0.2, 0.25) is 0 Å². The largest absolute Gasteiger partial charge is 0.466 e. The topological polar surface area (TPSA) is 87.7 Å². The number of carbonyl (C=O) groups is 3. The Labute approximate surface area is 177 Å². The van der Waals surface area contributed by atoms with Crippen LogP contribution in [0.1, 0.15) is 6.92 Å². The van der Waals surface area contributed by atoms with Gasteiger partial charge in [-0.3, -0.25) is 9.59 Å². The molecule has 0 aliphatic carbocycles. The average molecular weight is 436 g/mol. The second kappa shape index (κ2) is 9.15. The highest BCUT2D eigenvalue weighted by molar-refractivity contribution is 6.42. The zero-order valence-electron chi connectivity index (χ0n) is 15.5. The van der Waals surface area contributed by atoms with E-state index in [0.717, 1.165) is 0 Å². The van der Waals surface area contributed by atoms with Crippen molar-refractivity contribution in [3.63, 3.8) is 0 Å². The monoisotopic (exact) mass is 435 g/mol. The Morgan fingerprint density at radius 2 is 1.86 bits per heavy atom. The third kappa shape index (κ3) is 4.81. The Morgan fingerprint density at radius 1 is 1.14 bits per heavy atom. The summed E-state index contributed by atoms with van der Waals surface area (Å²) in [5, 5.41) is 5.80. The highest BCUT2D eigenvalue weighted by Gasteiger charge is 2.46. The number of hydrogen-bond donors (Lipinski definition) is 2. The van der Waals surface area contributed by atoms with Crippen molar-refractivity contribution in [1.82, 2.24) is 5.32 Å². The van der Waals surface area contributed by atoms with Crippen LogP contribution in [0.15, 0.2) is 48.5 Å². The maximum Gasteiger partial charge on any atom is 0.319 e. The van der Waals surface area contributed by atoms with Gasteiger partial charge in [-0.05, 0) is 37.3 Å². The number of para-hydroxylation sites is 1. The molecule has 2 aromatic rings. The van der Waals surface area contributed by atoms with Gasteiger partial charge in [-0.25, -0.2) is 4.79 Å². The van der Waals surface area contributed by atoms with Crippen LogP contribution >= 0.6 is 23.2 Å². The number of benzene rings is 2. The molecule has 0 bridgehead atoms. The smallest absolute Gasteiger partial charge is 0.319 e. The summed E-state index contributed by atoms with van der Waals surface area (Å²) in [4.78, 5) is 39.3. The number of nitrogens with zero attached hydrogens (tertiary/aromatic N) is 1. The number of halogens is 2. The number of carbonyl (C=O) groups excluding carboxylic acids is 3. The third-order valence-electron chi connectivity index (χ3n) is 4.44. The number of rotatable bonds is 5. The van der Waals surface area contributed by atoms with Crippen molar-refractivity contribution in [2.75, 3.05) is 23.4 Å². The average Bonchev–Trinajstić information content (AvgIpc) is 3.02. The van der Waals surface area contributed by atoms with Gasteiger partial charge in [-0.1, -0.05) is 41.4 Å². The van der Waals surface area contributed by atoms with Crippen LogP contribution in [0.5, 0.6) is 0 Å². The van der Waals surface area contributed by atoms with Crippen molar-refractivity contribution < 1.29 is 19.1 Å². The lowest BCUT2D eigenvalue weighted by Crippen LogP contribution is -2.47. The van der Waals surface area contributed by atoms with E-state index in [0.29, 0.717) is 16.4 Å². The number of ether oxygens (including phenoxy) is 1. The summed E-state index contributed by atoms with van der Waals surface area (Å²) < 4.78 is 5.10. The van der Waals surface area contributed by atoms with Crippen LogP contribution in [-0.4, -0.2) is 37.1 Å². The number of esters is 1. The van der Waals surface area contributed by atoms with Crippen molar-refractivity contribution in [2.24, 2.45) is 5.92 Å². The lowest BCUT2D eigenvalue weighted by molar-refractivity contribution is -0.148. The Hall–Kier alpha value is -2.77. The van der Waals surface area contributed by atoms with E-state index < -0.39 is 29.9 Å². The molecular weight excluding hydrogens is 417 g/mol. The predicted molar refractivity (Wildman–Crippen MR) is 111 cm³/mol. The van der Waals surface area contributed by atoms with E-state index in [1.807, 2.05) is 6.07 Å². The molecule has 1 fully saturated rings. The van der Waals surface area contributed by atoms with Gasteiger partial charge >= 0.3 is 12.0 Å². The minimum absolute atomic E-state index is 0.111. The van der Waals surface area contributed by atoms with Crippen LogP contribution in [0.3, 0.4) is 0 Å². The van der Waals surface area contributed by atoms with Crippen molar-refractivity contribution >= 4 is 52.5 Å². The molecule has 1 heterocycles. The molecule has 3 amide bonds. The van der Waals surface area contributed by atoms with Crippen molar-refractivity contribution in [1.29, 1.82) is 0 Å². The number of urea groups is 1. The second-order valence-corrected chi connectivity index (χ2v) is 7.16. The summed E-state index contributed by atoms with van der Waals surface area (Å²) in [6.45, 7) is 1.97. The first kappa shape index (κ1) is 21.0. The molecule has 2 atom stereocenters. The van der Waals surface area contributed by atoms with Crippen LogP contribution in [-0.2, 0) is 14.3 Å². The quantitative estimate of drug-likeness (QED) is 0.700. The Morgan fingerprint density at radius 3 is 2.52 bits per heavy atom. The molecule has 9 heteroatoms. The summed E-state index contributed by atoms with van der Waals surface area (Å²) in [5.74, 6) is -1.76. The molecule has 0 radical (unpaired) electrons. The summed E-state index contributed by atoms with van der Waals surface area (Å²) >= 11 is 11.8.